The highest BCUT2D eigenvalue weighted by molar-refractivity contribution is 5.69. The minimum absolute atomic E-state index is 1.64. The van der Waals surface area contributed by atoms with Crippen LogP contribution >= 0.6 is 0 Å². The molecule has 0 saturated carbocycles. The first-order chi connectivity index (χ1) is 3.41. The number of hydrogen-bond donors (Lipinski definition) is 0. The lowest BCUT2D eigenvalue weighted by Gasteiger charge is -1.58. The summed E-state index contributed by atoms with van der Waals surface area (Å²) in [5.74, 6) is 0. The molecule has 0 rings (SSSR count). The van der Waals surface area contributed by atoms with Gasteiger partial charge in [-0.2, -0.15) is 0 Å². The summed E-state index contributed by atoms with van der Waals surface area (Å²) in [7, 11) is 1.71. The SMILES string of the molecule is C=C.C=CC=NC. The summed E-state index contributed by atoms with van der Waals surface area (Å²) in [6, 6.07) is 0. The van der Waals surface area contributed by atoms with Crippen molar-refractivity contribution >= 4 is 6.21 Å². The molecule has 0 radical (unpaired) electrons. The second-order valence-electron chi connectivity index (χ2n) is 0.643. The summed E-state index contributed by atoms with van der Waals surface area (Å²) in [4.78, 5) is 3.61. The molecule has 0 aromatic carbocycles. The summed E-state index contributed by atoms with van der Waals surface area (Å²) in [5, 5.41) is 0. The van der Waals surface area contributed by atoms with E-state index in [-0.39, 0.29) is 0 Å². The second-order valence-corrected chi connectivity index (χ2v) is 0.643. The minimum atomic E-state index is 1.64. The van der Waals surface area contributed by atoms with E-state index in [0.29, 0.717) is 0 Å². The van der Waals surface area contributed by atoms with Gasteiger partial charge in [0.15, 0.2) is 0 Å². The van der Waals surface area contributed by atoms with Crippen LogP contribution in [0.2, 0.25) is 0 Å². The van der Waals surface area contributed by atoms with Gasteiger partial charge < -0.3 is 0 Å². The average molecular weight is 97.2 g/mol. The molecule has 7 heavy (non-hydrogen) atoms. The van der Waals surface area contributed by atoms with Crippen LogP contribution in [0.1, 0.15) is 0 Å². The van der Waals surface area contributed by atoms with E-state index in [4.69, 9.17) is 0 Å². The van der Waals surface area contributed by atoms with Crippen molar-refractivity contribution in [2.75, 3.05) is 7.05 Å². The standard InChI is InChI=1S/C4H7N.C2H4/c1-3-4-5-2;1-2/h3-4H,1H2,2H3;1-2H2. The molecule has 0 fully saturated rings. The van der Waals surface area contributed by atoms with Gasteiger partial charge in [-0.05, 0) is 0 Å². The van der Waals surface area contributed by atoms with Gasteiger partial charge >= 0.3 is 0 Å². The zero-order chi connectivity index (χ0) is 6.12. The normalized spacial score (nSPS) is 7.00. The van der Waals surface area contributed by atoms with Crippen LogP contribution in [0.15, 0.2) is 30.8 Å². The largest absolute Gasteiger partial charge is 0.297 e. The Hall–Kier alpha value is -0.850. The van der Waals surface area contributed by atoms with Gasteiger partial charge in [-0.3, -0.25) is 4.99 Å². The molecule has 1 nitrogen and oxygen atoms in total. The zero-order valence-corrected chi connectivity index (χ0v) is 4.72. The zero-order valence-electron chi connectivity index (χ0n) is 4.72. The fraction of sp³-hybridized carbons (Fsp3) is 0.167. The number of hydrogen-bond acceptors (Lipinski definition) is 1. The molecule has 0 unspecified atom stereocenters. The van der Waals surface area contributed by atoms with E-state index in [9.17, 15) is 0 Å². The van der Waals surface area contributed by atoms with Crippen LogP contribution in [0, 0.1) is 0 Å². The van der Waals surface area contributed by atoms with Gasteiger partial charge in [0, 0.05) is 13.3 Å². The maximum atomic E-state index is 3.61. The van der Waals surface area contributed by atoms with Crippen LogP contribution < -0.4 is 0 Å². The molecule has 1 heteroatoms. The molecule has 0 aromatic rings. The van der Waals surface area contributed by atoms with Gasteiger partial charge in [0.25, 0.3) is 0 Å². The van der Waals surface area contributed by atoms with Crippen LogP contribution in [-0.4, -0.2) is 13.3 Å². The molecular weight excluding hydrogens is 86.1 g/mol. The highest BCUT2D eigenvalue weighted by Crippen LogP contribution is 1.48. The third-order valence-electron chi connectivity index (χ3n) is 0.254. The Morgan fingerprint density at radius 1 is 1.43 bits per heavy atom. The molecule has 0 amide bonds. The molecule has 0 aliphatic rings. The number of rotatable bonds is 1. The summed E-state index contributed by atoms with van der Waals surface area (Å²) in [6.45, 7) is 9.40. The van der Waals surface area contributed by atoms with E-state index in [0.717, 1.165) is 0 Å². The predicted octanol–water partition coefficient (Wildman–Crippen LogP) is 1.68. The van der Waals surface area contributed by atoms with E-state index in [2.05, 4.69) is 24.7 Å². The molecule has 0 saturated heterocycles. The van der Waals surface area contributed by atoms with Crippen molar-refractivity contribution < 1.29 is 0 Å². The summed E-state index contributed by atoms with van der Waals surface area (Å²) < 4.78 is 0. The predicted molar refractivity (Wildman–Crippen MR) is 35.9 cm³/mol. The number of aliphatic imine (C=N–C) groups is 1. The first-order valence-corrected chi connectivity index (χ1v) is 1.95. The Kier molecular flexibility index (Phi) is 26.0. The van der Waals surface area contributed by atoms with Crippen molar-refractivity contribution in [3.8, 4) is 0 Å². The number of nitrogens with zero attached hydrogens (tertiary/aromatic N) is 1. The smallest absolute Gasteiger partial charge is 0.0277 e. The van der Waals surface area contributed by atoms with Crippen molar-refractivity contribution in [3.63, 3.8) is 0 Å². The molecule has 0 aliphatic carbocycles. The highest BCUT2D eigenvalue weighted by Gasteiger charge is 1.41. The average Bonchev–Trinajstić information content (AvgIpc) is 1.75. The van der Waals surface area contributed by atoms with Gasteiger partial charge in [-0.1, -0.05) is 12.7 Å². The summed E-state index contributed by atoms with van der Waals surface area (Å²) in [6.07, 6.45) is 3.28. The van der Waals surface area contributed by atoms with E-state index in [1.54, 1.807) is 19.3 Å². The Morgan fingerprint density at radius 2 is 1.86 bits per heavy atom. The monoisotopic (exact) mass is 97.1 g/mol. The molecule has 40 valence electrons. The molecule has 0 N–H and O–H groups in total. The third kappa shape index (κ3) is 38.6. The van der Waals surface area contributed by atoms with Crippen molar-refractivity contribution in [2.45, 2.75) is 0 Å². The van der Waals surface area contributed by atoms with Crippen LogP contribution in [0.25, 0.3) is 0 Å². The molecule has 0 heterocycles. The molecular formula is C6H11N. The van der Waals surface area contributed by atoms with Crippen molar-refractivity contribution in [1.29, 1.82) is 0 Å². The van der Waals surface area contributed by atoms with E-state index >= 15 is 0 Å². The third-order valence-corrected chi connectivity index (χ3v) is 0.254. The molecule has 0 spiro atoms. The topological polar surface area (TPSA) is 12.4 Å². The first-order valence-electron chi connectivity index (χ1n) is 1.95. The fourth-order valence-corrected chi connectivity index (χ4v) is 0.105. The maximum Gasteiger partial charge on any atom is 0.0277 e. The molecule has 0 aromatic heterocycles. The van der Waals surface area contributed by atoms with E-state index in [1.165, 1.54) is 0 Å². The Balaban J connectivity index is 0. The lowest BCUT2D eigenvalue weighted by atomic mass is 10.7. The van der Waals surface area contributed by atoms with Gasteiger partial charge in [0.1, 0.15) is 0 Å². The Bertz CT molecular complexity index is 55.2. The lowest BCUT2D eigenvalue weighted by molar-refractivity contribution is 1.48. The minimum Gasteiger partial charge on any atom is -0.297 e. The van der Waals surface area contributed by atoms with Gasteiger partial charge in [0.05, 0.1) is 0 Å². The lowest BCUT2D eigenvalue weighted by Crippen LogP contribution is -1.53. The highest BCUT2D eigenvalue weighted by atomic mass is 14.6. The number of allylic oxidation sites excluding steroid dienone is 1. The first kappa shape index (κ1) is 9.47. The van der Waals surface area contributed by atoms with Gasteiger partial charge in [-0.25, -0.2) is 0 Å². The molecule has 0 aliphatic heterocycles. The van der Waals surface area contributed by atoms with E-state index in [1.807, 2.05) is 0 Å². The molecule has 0 bridgehead atoms. The van der Waals surface area contributed by atoms with Gasteiger partial charge in [0.2, 0.25) is 0 Å². The van der Waals surface area contributed by atoms with Gasteiger partial charge in [-0.15, -0.1) is 13.2 Å². The van der Waals surface area contributed by atoms with Crippen molar-refractivity contribution in [1.82, 2.24) is 0 Å². The second kappa shape index (κ2) is 19.2. The van der Waals surface area contributed by atoms with Crippen LogP contribution in [0.4, 0.5) is 0 Å². The quantitative estimate of drug-likeness (QED) is 0.348. The summed E-state index contributed by atoms with van der Waals surface area (Å²) >= 11 is 0. The summed E-state index contributed by atoms with van der Waals surface area (Å²) in [5.41, 5.74) is 0. The van der Waals surface area contributed by atoms with Crippen LogP contribution in [0.3, 0.4) is 0 Å². The van der Waals surface area contributed by atoms with Crippen LogP contribution in [0.5, 0.6) is 0 Å². The molecule has 0 atom stereocenters. The van der Waals surface area contributed by atoms with Crippen molar-refractivity contribution in [2.24, 2.45) is 4.99 Å². The van der Waals surface area contributed by atoms with Crippen LogP contribution in [-0.2, 0) is 0 Å². The Morgan fingerprint density at radius 3 is 1.86 bits per heavy atom. The van der Waals surface area contributed by atoms with E-state index < -0.39 is 0 Å². The Labute approximate surface area is 45.1 Å². The van der Waals surface area contributed by atoms with Crippen molar-refractivity contribution in [3.05, 3.63) is 25.8 Å². The fourth-order valence-electron chi connectivity index (χ4n) is 0.105. The maximum absolute atomic E-state index is 3.61.